The van der Waals surface area contributed by atoms with Crippen LogP contribution in [0.25, 0.3) is 0 Å². The first-order valence-corrected chi connectivity index (χ1v) is 7.25. The van der Waals surface area contributed by atoms with E-state index < -0.39 is 11.4 Å². The molecule has 0 spiro atoms. The van der Waals surface area contributed by atoms with Crippen molar-refractivity contribution in [1.82, 2.24) is 4.98 Å². The van der Waals surface area contributed by atoms with E-state index >= 15 is 0 Å². The minimum atomic E-state index is -0.635. The first-order chi connectivity index (χ1) is 8.20. The van der Waals surface area contributed by atoms with Gasteiger partial charge in [0.1, 0.15) is 0 Å². The Kier molecular flexibility index (Phi) is 2.69. The van der Waals surface area contributed by atoms with Crippen LogP contribution in [0.2, 0.25) is 0 Å². The van der Waals surface area contributed by atoms with Crippen LogP contribution in [0.5, 0.6) is 0 Å². The van der Waals surface area contributed by atoms with Gasteiger partial charge in [0.25, 0.3) is 0 Å². The second-order valence-corrected chi connectivity index (χ2v) is 6.35. The molecule has 0 unspecified atom stereocenters. The Morgan fingerprint density at radius 2 is 2.24 bits per heavy atom. The van der Waals surface area contributed by atoms with Crippen LogP contribution in [-0.2, 0) is 11.2 Å². The molecule has 0 atom stereocenters. The molecule has 2 fully saturated rings. The average molecular weight is 251 g/mol. The summed E-state index contributed by atoms with van der Waals surface area (Å²) in [5.41, 5.74) is 0.713. The fourth-order valence-electron chi connectivity index (χ4n) is 2.66. The van der Waals surface area contributed by atoms with E-state index in [1.165, 1.54) is 25.0 Å². The predicted molar refractivity (Wildman–Crippen MR) is 66.3 cm³/mol. The van der Waals surface area contributed by atoms with Crippen LogP contribution in [-0.4, -0.2) is 16.1 Å². The molecule has 2 saturated carbocycles. The van der Waals surface area contributed by atoms with Gasteiger partial charge in [-0.3, -0.25) is 4.79 Å². The third-order valence-electron chi connectivity index (χ3n) is 4.35. The number of carboxylic acid groups (broad SMARTS) is 1. The Balaban J connectivity index is 1.71. The van der Waals surface area contributed by atoms with Crippen molar-refractivity contribution in [2.75, 3.05) is 0 Å². The molecule has 0 bridgehead atoms. The third-order valence-corrected chi connectivity index (χ3v) is 5.21. The zero-order chi connectivity index (χ0) is 11.9. The van der Waals surface area contributed by atoms with E-state index in [9.17, 15) is 9.90 Å². The van der Waals surface area contributed by atoms with Crippen LogP contribution in [0.1, 0.15) is 55.1 Å². The van der Waals surface area contributed by atoms with E-state index in [1.54, 1.807) is 11.3 Å². The lowest BCUT2D eigenvalue weighted by molar-refractivity contribution is -0.154. The lowest BCUT2D eigenvalue weighted by Gasteiger charge is -2.36. The summed E-state index contributed by atoms with van der Waals surface area (Å²) >= 11 is 1.65. The van der Waals surface area contributed by atoms with Crippen LogP contribution in [0.3, 0.4) is 0 Å². The number of aliphatic carboxylic acids is 1. The number of thiazole rings is 1. The van der Waals surface area contributed by atoms with E-state index in [0.29, 0.717) is 12.3 Å². The van der Waals surface area contributed by atoms with Crippen molar-refractivity contribution in [3.63, 3.8) is 0 Å². The number of aromatic nitrogens is 1. The van der Waals surface area contributed by atoms with Crippen LogP contribution in [0.15, 0.2) is 5.38 Å². The SMILES string of the molecule is O=C(O)C1(Cc2nc(C3CCC3)cs2)CCC1. The second-order valence-electron chi connectivity index (χ2n) is 5.41. The number of nitrogens with zero attached hydrogens (tertiary/aromatic N) is 1. The van der Waals surface area contributed by atoms with Gasteiger partial charge in [0.15, 0.2) is 0 Å². The molecule has 1 aromatic heterocycles. The maximum atomic E-state index is 11.3. The summed E-state index contributed by atoms with van der Waals surface area (Å²) < 4.78 is 0. The molecule has 4 heteroatoms. The summed E-state index contributed by atoms with van der Waals surface area (Å²) in [7, 11) is 0. The zero-order valence-corrected chi connectivity index (χ0v) is 10.6. The van der Waals surface area contributed by atoms with Crippen molar-refractivity contribution in [2.24, 2.45) is 5.41 Å². The van der Waals surface area contributed by atoms with Crippen LogP contribution in [0, 0.1) is 5.41 Å². The van der Waals surface area contributed by atoms with Gasteiger partial charge in [0.05, 0.1) is 16.1 Å². The zero-order valence-electron chi connectivity index (χ0n) is 9.82. The van der Waals surface area contributed by atoms with E-state index in [0.717, 1.165) is 24.3 Å². The number of rotatable bonds is 4. The van der Waals surface area contributed by atoms with Crippen LogP contribution < -0.4 is 0 Å². The first-order valence-electron chi connectivity index (χ1n) is 6.37. The summed E-state index contributed by atoms with van der Waals surface area (Å²) in [5, 5.41) is 12.4. The minimum Gasteiger partial charge on any atom is -0.481 e. The summed E-state index contributed by atoms with van der Waals surface area (Å²) in [6.07, 6.45) is 7.16. The normalized spacial score (nSPS) is 22.8. The average Bonchev–Trinajstić information content (AvgIpc) is 2.56. The standard InChI is InChI=1S/C13H17NO2S/c15-12(16)13(5-2-6-13)7-11-14-10(8-17-11)9-3-1-4-9/h8-9H,1-7H2,(H,15,16). The Bertz CT molecular complexity index is 432. The fourth-order valence-corrected chi connectivity index (χ4v) is 3.68. The summed E-state index contributed by atoms with van der Waals surface area (Å²) in [6, 6.07) is 0. The van der Waals surface area contributed by atoms with Crippen LogP contribution in [0.4, 0.5) is 0 Å². The Morgan fingerprint density at radius 3 is 2.71 bits per heavy atom. The quantitative estimate of drug-likeness (QED) is 0.894. The Hall–Kier alpha value is -0.900. The second kappa shape index (κ2) is 4.09. The van der Waals surface area contributed by atoms with Crippen molar-refractivity contribution in [3.8, 4) is 0 Å². The molecule has 2 aliphatic rings. The number of carboxylic acids is 1. The topological polar surface area (TPSA) is 50.2 Å². The summed E-state index contributed by atoms with van der Waals surface area (Å²) in [6.45, 7) is 0. The van der Waals surface area contributed by atoms with Crippen molar-refractivity contribution < 1.29 is 9.90 Å². The third kappa shape index (κ3) is 1.88. The number of carbonyl (C=O) groups is 1. The molecule has 1 aromatic rings. The molecular formula is C13H17NO2S. The lowest BCUT2D eigenvalue weighted by Crippen LogP contribution is -2.39. The van der Waals surface area contributed by atoms with Gasteiger partial charge in [0, 0.05) is 17.7 Å². The highest BCUT2D eigenvalue weighted by Gasteiger charge is 2.45. The van der Waals surface area contributed by atoms with Crippen LogP contribution >= 0.6 is 11.3 Å². The van der Waals surface area contributed by atoms with Gasteiger partial charge < -0.3 is 5.11 Å². The first kappa shape index (κ1) is 11.2. The molecule has 2 aliphatic carbocycles. The van der Waals surface area contributed by atoms with Gasteiger partial charge >= 0.3 is 5.97 Å². The molecule has 0 saturated heterocycles. The van der Waals surface area contributed by atoms with Gasteiger partial charge in [0.2, 0.25) is 0 Å². The van der Waals surface area contributed by atoms with E-state index in [2.05, 4.69) is 10.4 Å². The fraction of sp³-hybridized carbons (Fsp3) is 0.692. The highest BCUT2D eigenvalue weighted by Crippen LogP contribution is 2.45. The molecular weight excluding hydrogens is 234 g/mol. The molecule has 0 aliphatic heterocycles. The van der Waals surface area contributed by atoms with Gasteiger partial charge in [-0.2, -0.15) is 0 Å². The van der Waals surface area contributed by atoms with Crippen molar-refractivity contribution in [2.45, 2.75) is 50.9 Å². The largest absolute Gasteiger partial charge is 0.481 e. The van der Waals surface area contributed by atoms with Gasteiger partial charge in [-0.1, -0.05) is 12.8 Å². The monoisotopic (exact) mass is 251 g/mol. The van der Waals surface area contributed by atoms with Gasteiger partial charge in [-0.05, 0) is 25.7 Å². The molecule has 1 N–H and O–H groups in total. The smallest absolute Gasteiger partial charge is 0.310 e. The molecule has 92 valence electrons. The molecule has 17 heavy (non-hydrogen) atoms. The summed E-state index contributed by atoms with van der Waals surface area (Å²) in [4.78, 5) is 15.9. The number of hydrogen-bond donors (Lipinski definition) is 1. The predicted octanol–water partition coefficient (Wildman–Crippen LogP) is 3.21. The van der Waals surface area contributed by atoms with Gasteiger partial charge in [-0.25, -0.2) is 4.98 Å². The molecule has 1 heterocycles. The Labute approximate surface area is 105 Å². The minimum absolute atomic E-state index is 0.491. The maximum Gasteiger partial charge on any atom is 0.310 e. The number of hydrogen-bond acceptors (Lipinski definition) is 3. The molecule has 0 aromatic carbocycles. The molecule has 0 amide bonds. The summed E-state index contributed by atoms with van der Waals surface area (Å²) in [5.74, 6) is 0.0197. The molecule has 3 nitrogen and oxygen atoms in total. The maximum absolute atomic E-state index is 11.3. The van der Waals surface area contributed by atoms with Crippen molar-refractivity contribution in [1.29, 1.82) is 0 Å². The van der Waals surface area contributed by atoms with E-state index in [1.807, 2.05) is 0 Å². The Morgan fingerprint density at radius 1 is 1.47 bits per heavy atom. The van der Waals surface area contributed by atoms with Crippen molar-refractivity contribution in [3.05, 3.63) is 16.1 Å². The van der Waals surface area contributed by atoms with E-state index in [-0.39, 0.29) is 0 Å². The molecule has 0 radical (unpaired) electrons. The van der Waals surface area contributed by atoms with Crippen molar-refractivity contribution >= 4 is 17.3 Å². The molecule has 3 rings (SSSR count). The van der Waals surface area contributed by atoms with E-state index in [4.69, 9.17) is 0 Å². The highest BCUT2D eigenvalue weighted by atomic mass is 32.1. The lowest BCUT2D eigenvalue weighted by atomic mass is 9.67. The highest BCUT2D eigenvalue weighted by molar-refractivity contribution is 7.09. The van der Waals surface area contributed by atoms with Gasteiger partial charge in [-0.15, -0.1) is 11.3 Å².